The van der Waals surface area contributed by atoms with Crippen LogP contribution in [0, 0.1) is 0 Å². The fourth-order valence-corrected chi connectivity index (χ4v) is 3.17. The minimum absolute atomic E-state index is 0.337. The second-order valence-electron chi connectivity index (χ2n) is 6.78. The van der Waals surface area contributed by atoms with Gasteiger partial charge in [-0.2, -0.15) is 0 Å². The van der Waals surface area contributed by atoms with Gasteiger partial charge in [-0.1, -0.05) is 0 Å². The highest BCUT2D eigenvalue weighted by Crippen LogP contribution is 2.26. The minimum atomic E-state index is 0.337. The molecule has 0 amide bonds. The summed E-state index contributed by atoms with van der Waals surface area (Å²) in [6.45, 7) is 13.5. The van der Waals surface area contributed by atoms with Gasteiger partial charge in [-0.05, 0) is 20.8 Å². The van der Waals surface area contributed by atoms with Crippen molar-refractivity contribution in [3.05, 3.63) is 0 Å². The summed E-state index contributed by atoms with van der Waals surface area (Å²) in [7, 11) is 0. The van der Waals surface area contributed by atoms with Crippen molar-refractivity contribution >= 4 is 0 Å². The van der Waals surface area contributed by atoms with E-state index in [2.05, 4.69) is 35.9 Å². The SMILES string of the molecule is CC(C)(C)N1CC(N2CC3COCC(C2)N3)C1. The van der Waals surface area contributed by atoms with Crippen molar-refractivity contribution in [2.24, 2.45) is 0 Å². The first-order valence-electron chi connectivity index (χ1n) is 6.85. The Hall–Kier alpha value is -0.160. The van der Waals surface area contributed by atoms with Crippen molar-refractivity contribution in [3.8, 4) is 0 Å². The zero-order valence-electron chi connectivity index (χ0n) is 11.3. The number of nitrogens with one attached hydrogen (secondary N) is 1. The number of hydrogen-bond acceptors (Lipinski definition) is 4. The second-order valence-corrected chi connectivity index (χ2v) is 6.78. The lowest BCUT2D eigenvalue weighted by atomic mass is 9.95. The lowest BCUT2D eigenvalue weighted by Crippen LogP contribution is -2.71. The zero-order valence-corrected chi connectivity index (χ0v) is 11.3. The maximum absolute atomic E-state index is 5.59. The molecule has 3 saturated heterocycles. The standard InChI is InChI=1S/C13H25N3O/c1-13(2,3)16-6-12(7-16)15-4-10-8-17-9-11(5-15)14-10/h10-12,14H,4-9H2,1-3H3. The normalized spacial score (nSPS) is 36.9. The van der Waals surface area contributed by atoms with Crippen LogP contribution in [0.25, 0.3) is 0 Å². The summed E-state index contributed by atoms with van der Waals surface area (Å²) in [6.07, 6.45) is 0. The summed E-state index contributed by atoms with van der Waals surface area (Å²) in [6, 6.07) is 1.90. The van der Waals surface area contributed by atoms with Crippen LogP contribution in [0.1, 0.15) is 20.8 Å². The molecule has 0 saturated carbocycles. The maximum Gasteiger partial charge on any atom is 0.0633 e. The Morgan fingerprint density at radius 2 is 1.59 bits per heavy atom. The van der Waals surface area contributed by atoms with Gasteiger partial charge in [0.1, 0.15) is 0 Å². The van der Waals surface area contributed by atoms with Gasteiger partial charge in [-0.3, -0.25) is 9.80 Å². The first-order chi connectivity index (χ1) is 8.02. The van der Waals surface area contributed by atoms with Crippen molar-refractivity contribution in [1.82, 2.24) is 15.1 Å². The van der Waals surface area contributed by atoms with Crippen molar-refractivity contribution in [1.29, 1.82) is 0 Å². The van der Waals surface area contributed by atoms with E-state index in [0.717, 1.165) is 19.3 Å². The molecule has 3 rings (SSSR count). The van der Waals surface area contributed by atoms with Gasteiger partial charge < -0.3 is 10.1 Å². The van der Waals surface area contributed by atoms with E-state index in [4.69, 9.17) is 4.74 Å². The van der Waals surface area contributed by atoms with Crippen molar-refractivity contribution in [2.45, 2.75) is 44.4 Å². The molecule has 0 radical (unpaired) electrons. The molecule has 3 fully saturated rings. The average molecular weight is 239 g/mol. The molecule has 0 aliphatic carbocycles. The Bertz CT molecular complexity index is 271. The van der Waals surface area contributed by atoms with Gasteiger partial charge >= 0.3 is 0 Å². The summed E-state index contributed by atoms with van der Waals surface area (Å²) >= 11 is 0. The van der Waals surface area contributed by atoms with Gasteiger partial charge in [0, 0.05) is 49.8 Å². The molecular formula is C13H25N3O. The third-order valence-electron chi connectivity index (χ3n) is 4.35. The van der Waals surface area contributed by atoms with Gasteiger partial charge in [0.25, 0.3) is 0 Å². The lowest BCUT2D eigenvalue weighted by Gasteiger charge is -2.54. The quantitative estimate of drug-likeness (QED) is 0.704. The molecule has 17 heavy (non-hydrogen) atoms. The number of hydrogen-bond donors (Lipinski definition) is 1. The molecule has 2 atom stereocenters. The molecule has 0 aromatic heterocycles. The number of nitrogens with zero attached hydrogens (tertiary/aromatic N) is 2. The highest BCUT2D eigenvalue weighted by molar-refractivity contribution is 4.99. The van der Waals surface area contributed by atoms with Crippen molar-refractivity contribution in [3.63, 3.8) is 0 Å². The molecule has 4 heteroatoms. The minimum Gasteiger partial charge on any atom is -0.378 e. The van der Waals surface area contributed by atoms with Crippen molar-refractivity contribution < 1.29 is 4.74 Å². The third-order valence-corrected chi connectivity index (χ3v) is 4.35. The number of likely N-dealkylation sites (tertiary alicyclic amines) is 1. The van der Waals surface area contributed by atoms with Gasteiger partial charge in [0.15, 0.2) is 0 Å². The van der Waals surface area contributed by atoms with Crippen LogP contribution >= 0.6 is 0 Å². The molecule has 3 heterocycles. The highest BCUT2D eigenvalue weighted by Gasteiger charge is 2.41. The molecule has 0 aromatic carbocycles. The van der Waals surface area contributed by atoms with Crippen molar-refractivity contribution in [2.75, 3.05) is 39.4 Å². The predicted octanol–water partition coefficient (Wildman–Crippen LogP) is 0.142. The van der Waals surface area contributed by atoms with Gasteiger partial charge in [-0.15, -0.1) is 0 Å². The smallest absolute Gasteiger partial charge is 0.0633 e. The zero-order chi connectivity index (χ0) is 12.0. The Labute approximate surface area is 104 Å². The number of rotatable bonds is 1. The molecule has 2 bridgehead atoms. The lowest BCUT2D eigenvalue weighted by molar-refractivity contribution is -0.0684. The Morgan fingerprint density at radius 1 is 1.00 bits per heavy atom. The van der Waals surface area contributed by atoms with Crippen LogP contribution in [0.15, 0.2) is 0 Å². The summed E-state index contributed by atoms with van der Waals surface area (Å²) in [5.41, 5.74) is 0.337. The number of morpholine rings is 1. The van der Waals surface area contributed by atoms with Crippen LogP contribution in [0.3, 0.4) is 0 Å². The van der Waals surface area contributed by atoms with E-state index >= 15 is 0 Å². The predicted molar refractivity (Wildman–Crippen MR) is 68.2 cm³/mol. The second kappa shape index (κ2) is 4.19. The molecule has 3 aliphatic heterocycles. The molecule has 3 aliphatic rings. The maximum atomic E-state index is 5.59. The van der Waals surface area contributed by atoms with Crippen LogP contribution in [-0.4, -0.2) is 72.9 Å². The van der Waals surface area contributed by atoms with Gasteiger partial charge in [0.2, 0.25) is 0 Å². The summed E-state index contributed by atoms with van der Waals surface area (Å²) in [5, 5.41) is 3.65. The van der Waals surface area contributed by atoms with Crippen LogP contribution < -0.4 is 5.32 Å². The first kappa shape index (κ1) is 11.9. The Kier molecular flexibility index (Phi) is 2.94. The van der Waals surface area contributed by atoms with Crippen LogP contribution in [0.4, 0.5) is 0 Å². The molecule has 0 aromatic rings. The van der Waals surface area contributed by atoms with Crippen LogP contribution in [-0.2, 0) is 4.74 Å². The van der Waals surface area contributed by atoms with Crippen LogP contribution in [0.5, 0.6) is 0 Å². The summed E-state index contributed by atoms with van der Waals surface area (Å²) in [5.74, 6) is 0. The molecule has 4 nitrogen and oxygen atoms in total. The van der Waals surface area contributed by atoms with Crippen LogP contribution in [0.2, 0.25) is 0 Å². The molecule has 2 unspecified atom stereocenters. The fraction of sp³-hybridized carbons (Fsp3) is 1.00. The van der Waals surface area contributed by atoms with E-state index < -0.39 is 0 Å². The van der Waals surface area contributed by atoms with E-state index in [9.17, 15) is 0 Å². The monoisotopic (exact) mass is 239 g/mol. The van der Waals surface area contributed by atoms with Gasteiger partial charge in [0.05, 0.1) is 13.2 Å². The molecule has 0 spiro atoms. The fourth-order valence-electron chi connectivity index (χ4n) is 3.17. The third kappa shape index (κ3) is 2.36. The van der Waals surface area contributed by atoms with E-state index in [1.54, 1.807) is 0 Å². The number of piperazine rings is 1. The molecule has 98 valence electrons. The summed E-state index contributed by atoms with van der Waals surface area (Å²) in [4.78, 5) is 5.25. The number of ether oxygens (including phenoxy) is 1. The Balaban J connectivity index is 1.54. The molecular weight excluding hydrogens is 214 g/mol. The highest BCUT2D eigenvalue weighted by atomic mass is 16.5. The first-order valence-corrected chi connectivity index (χ1v) is 6.85. The Morgan fingerprint density at radius 3 is 2.12 bits per heavy atom. The van der Waals surface area contributed by atoms with E-state index in [1.165, 1.54) is 26.2 Å². The van der Waals surface area contributed by atoms with E-state index in [0.29, 0.717) is 17.6 Å². The largest absolute Gasteiger partial charge is 0.378 e. The van der Waals surface area contributed by atoms with Gasteiger partial charge in [-0.25, -0.2) is 0 Å². The topological polar surface area (TPSA) is 27.7 Å². The summed E-state index contributed by atoms with van der Waals surface area (Å²) < 4.78 is 5.59. The van der Waals surface area contributed by atoms with E-state index in [1.807, 2.05) is 0 Å². The molecule has 1 N–H and O–H groups in total. The number of fused-ring (bicyclic) bond motifs is 2. The van der Waals surface area contributed by atoms with E-state index in [-0.39, 0.29) is 0 Å². The average Bonchev–Trinajstić information content (AvgIpc) is 2.12.